The Hall–Kier alpha value is -2.48. The molecule has 8 heteroatoms. The summed E-state index contributed by atoms with van der Waals surface area (Å²) in [6.45, 7) is 1.06. The van der Waals surface area contributed by atoms with Gasteiger partial charge in [0.05, 0.1) is 25.3 Å². The number of amides is 3. The van der Waals surface area contributed by atoms with Gasteiger partial charge in [0.25, 0.3) is 5.91 Å². The van der Waals surface area contributed by atoms with Crippen LogP contribution in [0.15, 0.2) is 18.2 Å². The number of benzene rings is 1. The third-order valence-electron chi connectivity index (χ3n) is 4.89. The highest BCUT2D eigenvalue weighted by Crippen LogP contribution is 2.30. The van der Waals surface area contributed by atoms with Crippen molar-refractivity contribution in [3.63, 3.8) is 0 Å². The van der Waals surface area contributed by atoms with E-state index in [1.807, 2.05) is 4.90 Å². The van der Waals surface area contributed by atoms with Crippen molar-refractivity contribution in [3.05, 3.63) is 24.0 Å². The fourth-order valence-electron chi connectivity index (χ4n) is 3.46. The lowest BCUT2D eigenvalue weighted by Gasteiger charge is -2.33. The van der Waals surface area contributed by atoms with Crippen molar-refractivity contribution in [3.8, 4) is 5.75 Å². The quantitative estimate of drug-likeness (QED) is 0.806. The van der Waals surface area contributed by atoms with E-state index in [9.17, 15) is 18.8 Å². The fourth-order valence-corrected chi connectivity index (χ4v) is 3.46. The number of rotatable bonds is 4. The molecule has 2 aliphatic heterocycles. The van der Waals surface area contributed by atoms with Gasteiger partial charge in [0.1, 0.15) is 0 Å². The molecule has 2 saturated heterocycles. The van der Waals surface area contributed by atoms with Gasteiger partial charge in [-0.3, -0.25) is 19.3 Å². The molecule has 7 nitrogen and oxygen atoms in total. The molecule has 2 aliphatic rings. The third-order valence-corrected chi connectivity index (χ3v) is 4.89. The molecule has 0 spiro atoms. The number of imide groups is 1. The van der Waals surface area contributed by atoms with Crippen molar-refractivity contribution in [1.82, 2.24) is 4.90 Å². The van der Waals surface area contributed by atoms with Gasteiger partial charge in [-0.2, -0.15) is 0 Å². The molecule has 3 amide bonds. The number of hydrogen-bond donors (Lipinski definition) is 1. The van der Waals surface area contributed by atoms with Crippen molar-refractivity contribution in [2.75, 3.05) is 25.1 Å². The second kappa shape index (κ2) is 6.79. The molecule has 0 bridgehead atoms. The molecule has 2 heterocycles. The average Bonchev–Trinajstić information content (AvgIpc) is 2.89. The van der Waals surface area contributed by atoms with Crippen LogP contribution in [-0.4, -0.2) is 48.9 Å². The number of carbonyl (C=O) groups excluding carboxylic acids is 3. The molecule has 1 atom stereocenters. The predicted molar refractivity (Wildman–Crippen MR) is 87.3 cm³/mol. The first-order chi connectivity index (χ1) is 11.9. The van der Waals surface area contributed by atoms with Crippen LogP contribution in [0.3, 0.4) is 0 Å². The molecule has 25 heavy (non-hydrogen) atoms. The molecule has 1 aromatic rings. The van der Waals surface area contributed by atoms with E-state index in [1.165, 1.54) is 19.2 Å². The largest absolute Gasteiger partial charge is 0.494 e. The van der Waals surface area contributed by atoms with Gasteiger partial charge in [0.15, 0.2) is 11.6 Å². The lowest BCUT2D eigenvalue weighted by atomic mass is 9.95. The summed E-state index contributed by atoms with van der Waals surface area (Å²) in [5.74, 6) is -1.83. The average molecular weight is 349 g/mol. The van der Waals surface area contributed by atoms with E-state index in [1.54, 1.807) is 0 Å². The maximum Gasteiger partial charge on any atom is 0.251 e. The number of likely N-dealkylation sites (tertiary alicyclic amines) is 1. The lowest BCUT2D eigenvalue weighted by Crippen LogP contribution is -2.47. The molecule has 0 radical (unpaired) electrons. The molecule has 2 fully saturated rings. The standard InChI is InChI=1S/C17H20FN3O4/c1-25-14-3-2-11(8-12(14)18)21-15(22)9-13(17(21)24)20-6-4-10(5-7-20)16(19)23/h2-3,8,10,13H,4-7,9H2,1H3,(H2,19,23)/t13-/m0/s1. The zero-order chi connectivity index (χ0) is 18.1. The van der Waals surface area contributed by atoms with E-state index in [0.717, 1.165) is 11.0 Å². The number of methoxy groups -OCH3 is 1. The molecule has 0 unspecified atom stereocenters. The maximum atomic E-state index is 13.9. The van der Waals surface area contributed by atoms with Crippen molar-refractivity contribution in [2.45, 2.75) is 25.3 Å². The summed E-state index contributed by atoms with van der Waals surface area (Å²) in [5, 5.41) is 0. The summed E-state index contributed by atoms with van der Waals surface area (Å²) < 4.78 is 18.8. The SMILES string of the molecule is COc1ccc(N2C(=O)C[C@H](N3CCC(C(N)=O)CC3)C2=O)cc1F. The number of piperidine rings is 1. The Morgan fingerprint density at radius 1 is 1.28 bits per heavy atom. The van der Waals surface area contributed by atoms with E-state index in [0.29, 0.717) is 25.9 Å². The van der Waals surface area contributed by atoms with E-state index in [-0.39, 0.29) is 41.5 Å². The summed E-state index contributed by atoms with van der Waals surface area (Å²) in [5.41, 5.74) is 5.52. The highest BCUT2D eigenvalue weighted by Gasteiger charge is 2.43. The summed E-state index contributed by atoms with van der Waals surface area (Å²) in [6, 6.07) is 3.42. The van der Waals surface area contributed by atoms with Crippen LogP contribution in [-0.2, 0) is 14.4 Å². The van der Waals surface area contributed by atoms with E-state index >= 15 is 0 Å². The van der Waals surface area contributed by atoms with Gasteiger partial charge in [-0.1, -0.05) is 0 Å². The van der Waals surface area contributed by atoms with Crippen LogP contribution in [0.25, 0.3) is 0 Å². The Balaban J connectivity index is 1.75. The number of halogens is 1. The minimum atomic E-state index is -0.633. The summed E-state index contributed by atoms with van der Waals surface area (Å²) >= 11 is 0. The number of ether oxygens (including phenoxy) is 1. The summed E-state index contributed by atoms with van der Waals surface area (Å²) in [4.78, 5) is 39.2. The fraction of sp³-hybridized carbons (Fsp3) is 0.471. The molecule has 3 rings (SSSR count). The molecule has 0 saturated carbocycles. The van der Waals surface area contributed by atoms with Crippen LogP contribution < -0.4 is 15.4 Å². The first-order valence-electron chi connectivity index (χ1n) is 8.16. The van der Waals surface area contributed by atoms with Gasteiger partial charge < -0.3 is 10.5 Å². The van der Waals surface area contributed by atoms with Gasteiger partial charge in [-0.15, -0.1) is 0 Å². The smallest absolute Gasteiger partial charge is 0.251 e. The Morgan fingerprint density at radius 3 is 2.52 bits per heavy atom. The van der Waals surface area contributed by atoms with Gasteiger partial charge in [0, 0.05) is 12.0 Å². The van der Waals surface area contributed by atoms with Crippen LogP contribution >= 0.6 is 0 Å². The van der Waals surface area contributed by atoms with E-state index < -0.39 is 11.9 Å². The highest BCUT2D eigenvalue weighted by atomic mass is 19.1. The minimum absolute atomic E-state index is 0.0490. The first kappa shape index (κ1) is 17.3. The van der Waals surface area contributed by atoms with Crippen LogP contribution in [0.1, 0.15) is 19.3 Å². The number of nitrogens with zero attached hydrogens (tertiary/aromatic N) is 2. The second-order valence-electron chi connectivity index (χ2n) is 6.32. The Labute approximate surface area is 144 Å². The predicted octanol–water partition coefficient (Wildman–Crippen LogP) is 0.663. The van der Waals surface area contributed by atoms with E-state index in [2.05, 4.69) is 0 Å². The number of hydrogen-bond acceptors (Lipinski definition) is 5. The van der Waals surface area contributed by atoms with Crippen molar-refractivity contribution >= 4 is 23.4 Å². The van der Waals surface area contributed by atoms with Crippen molar-refractivity contribution < 1.29 is 23.5 Å². The highest BCUT2D eigenvalue weighted by molar-refractivity contribution is 6.22. The third kappa shape index (κ3) is 3.21. The van der Waals surface area contributed by atoms with Crippen LogP contribution in [0, 0.1) is 11.7 Å². The van der Waals surface area contributed by atoms with Crippen molar-refractivity contribution in [1.29, 1.82) is 0 Å². The van der Waals surface area contributed by atoms with Gasteiger partial charge in [-0.25, -0.2) is 9.29 Å². The molecule has 0 aromatic heterocycles. The monoisotopic (exact) mass is 349 g/mol. The topological polar surface area (TPSA) is 92.9 Å². The van der Waals surface area contributed by atoms with Crippen LogP contribution in [0.4, 0.5) is 10.1 Å². The Kier molecular flexibility index (Phi) is 4.71. The molecule has 1 aromatic carbocycles. The molecule has 134 valence electrons. The minimum Gasteiger partial charge on any atom is -0.494 e. The van der Waals surface area contributed by atoms with Gasteiger partial charge >= 0.3 is 0 Å². The van der Waals surface area contributed by atoms with E-state index in [4.69, 9.17) is 10.5 Å². The normalized spacial score (nSPS) is 22.5. The van der Waals surface area contributed by atoms with Gasteiger partial charge in [0.2, 0.25) is 11.8 Å². The number of primary amides is 1. The van der Waals surface area contributed by atoms with Crippen LogP contribution in [0.5, 0.6) is 5.75 Å². The summed E-state index contributed by atoms with van der Waals surface area (Å²) in [6.07, 6.45) is 1.20. The molecule has 0 aliphatic carbocycles. The Morgan fingerprint density at radius 2 is 1.96 bits per heavy atom. The number of carbonyl (C=O) groups is 3. The maximum absolute atomic E-state index is 13.9. The number of nitrogens with two attached hydrogens (primary N) is 1. The molecule has 2 N–H and O–H groups in total. The zero-order valence-corrected chi connectivity index (χ0v) is 13.9. The van der Waals surface area contributed by atoms with Crippen molar-refractivity contribution in [2.24, 2.45) is 11.7 Å². The Bertz CT molecular complexity index is 716. The van der Waals surface area contributed by atoms with Gasteiger partial charge in [-0.05, 0) is 38.1 Å². The van der Waals surface area contributed by atoms with Crippen LogP contribution in [0.2, 0.25) is 0 Å². The molecular formula is C17H20FN3O4. The molecular weight excluding hydrogens is 329 g/mol. The second-order valence-corrected chi connectivity index (χ2v) is 6.32. The number of anilines is 1. The summed E-state index contributed by atoms with van der Waals surface area (Å²) in [7, 11) is 1.34. The first-order valence-corrected chi connectivity index (χ1v) is 8.16. The zero-order valence-electron chi connectivity index (χ0n) is 13.9. The lowest BCUT2D eigenvalue weighted by molar-refractivity contribution is -0.124.